The molecule has 35 heavy (non-hydrogen) atoms. The van der Waals surface area contributed by atoms with E-state index >= 15 is 0 Å². The average Bonchev–Trinajstić information content (AvgIpc) is 3.70. The Morgan fingerprint density at radius 2 is 1.69 bits per heavy atom. The lowest BCUT2D eigenvalue weighted by Gasteiger charge is -2.34. The summed E-state index contributed by atoms with van der Waals surface area (Å²) in [6.45, 7) is 0. The predicted molar refractivity (Wildman–Crippen MR) is 134 cm³/mol. The summed E-state index contributed by atoms with van der Waals surface area (Å²) in [5.74, 6) is 2.70. The van der Waals surface area contributed by atoms with Gasteiger partial charge in [0.1, 0.15) is 17.6 Å². The number of halogens is 1. The Kier molecular flexibility index (Phi) is 6.24. The zero-order chi connectivity index (χ0) is 24.6. The zero-order valence-electron chi connectivity index (χ0n) is 20.0. The Hall–Kier alpha value is -3.38. The highest BCUT2D eigenvalue weighted by atomic mass is 35.5. The molecule has 182 valence electrons. The van der Waals surface area contributed by atoms with Crippen molar-refractivity contribution >= 4 is 17.5 Å². The lowest BCUT2D eigenvalue weighted by atomic mass is 9.90. The van der Waals surface area contributed by atoms with Crippen LogP contribution in [-0.4, -0.2) is 27.2 Å². The van der Waals surface area contributed by atoms with Gasteiger partial charge in [0.05, 0.1) is 32.8 Å². The van der Waals surface area contributed by atoms with Crippen LogP contribution >= 0.6 is 11.6 Å². The molecular formula is C28H28ClNO5. The minimum Gasteiger partial charge on any atom is -0.497 e. The van der Waals surface area contributed by atoms with Gasteiger partial charge in [-0.1, -0.05) is 29.8 Å². The van der Waals surface area contributed by atoms with Gasteiger partial charge in [0.15, 0.2) is 11.5 Å². The van der Waals surface area contributed by atoms with E-state index in [0.29, 0.717) is 34.4 Å². The molecule has 2 aliphatic rings. The number of hydrogen-bond acceptors (Lipinski definition) is 5. The molecule has 1 saturated carbocycles. The van der Waals surface area contributed by atoms with Crippen LogP contribution in [0.3, 0.4) is 0 Å². The van der Waals surface area contributed by atoms with Gasteiger partial charge in [0, 0.05) is 23.1 Å². The van der Waals surface area contributed by atoms with E-state index in [9.17, 15) is 4.79 Å². The number of nitrogens with one attached hydrogen (secondary N) is 1. The minimum absolute atomic E-state index is 0.0274. The summed E-state index contributed by atoms with van der Waals surface area (Å²) >= 11 is 6.07. The quantitative estimate of drug-likeness (QED) is 0.452. The molecule has 1 fully saturated rings. The highest BCUT2D eigenvalue weighted by Gasteiger charge is 2.52. The summed E-state index contributed by atoms with van der Waals surface area (Å²) in [5, 5.41) is 3.99. The topological polar surface area (TPSA) is 66.0 Å². The number of carbonyl (C=O) groups excluding carboxylic acids is 1. The summed E-state index contributed by atoms with van der Waals surface area (Å²) in [5.41, 5.74) is 2.36. The van der Waals surface area contributed by atoms with Gasteiger partial charge in [-0.2, -0.15) is 0 Å². The van der Waals surface area contributed by atoms with E-state index < -0.39 is 5.41 Å². The molecule has 0 saturated heterocycles. The minimum atomic E-state index is -0.506. The van der Waals surface area contributed by atoms with Crippen LogP contribution in [0.25, 0.3) is 0 Å². The summed E-state index contributed by atoms with van der Waals surface area (Å²) < 4.78 is 22.7. The highest BCUT2D eigenvalue weighted by Crippen LogP contribution is 2.50. The van der Waals surface area contributed by atoms with Gasteiger partial charge in [0.2, 0.25) is 5.91 Å². The molecule has 1 N–H and O–H groups in total. The van der Waals surface area contributed by atoms with Crippen LogP contribution < -0.4 is 24.3 Å². The molecular weight excluding hydrogens is 466 g/mol. The first kappa shape index (κ1) is 23.4. The maximum atomic E-state index is 13.6. The van der Waals surface area contributed by atoms with Crippen LogP contribution in [0, 0.1) is 0 Å². The van der Waals surface area contributed by atoms with Crippen molar-refractivity contribution in [1.82, 2.24) is 5.32 Å². The monoisotopic (exact) mass is 493 g/mol. The van der Waals surface area contributed by atoms with Crippen LogP contribution in [-0.2, 0) is 10.2 Å². The maximum absolute atomic E-state index is 13.6. The Balaban J connectivity index is 1.46. The summed E-state index contributed by atoms with van der Waals surface area (Å²) in [4.78, 5) is 13.6. The Bertz CT molecular complexity index is 1240. The van der Waals surface area contributed by atoms with Crippen molar-refractivity contribution in [1.29, 1.82) is 0 Å². The molecule has 3 aromatic carbocycles. The fourth-order valence-corrected chi connectivity index (χ4v) is 4.93. The number of methoxy groups -OCH3 is 3. The van der Waals surface area contributed by atoms with Gasteiger partial charge < -0.3 is 24.3 Å². The Morgan fingerprint density at radius 3 is 2.34 bits per heavy atom. The fourth-order valence-electron chi connectivity index (χ4n) is 4.81. The number of hydrogen-bond donors (Lipinski definition) is 1. The summed E-state index contributed by atoms with van der Waals surface area (Å²) in [6, 6.07) is 18.8. The molecule has 1 amide bonds. The van der Waals surface area contributed by atoms with Gasteiger partial charge in [-0.3, -0.25) is 4.79 Å². The van der Waals surface area contributed by atoms with Gasteiger partial charge in [-0.05, 0) is 60.4 Å². The molecule has 0 aromatic heterocycles. The molecule has 1 heterocycles. The lowest BCUT2D eigenvalue weighted by molar-refractivity contribution is -0.124. The van der Waals surface area contributed by atoms with E-state index in [1.165, 1.54) is 0 Å². The number of fused-ring (bicyclic) bond motifs is 1. The van der Waals surface area contributed by atoms with Crippen molar-refractivity contribution in [2.45, 2.75) is 36.8 Å². The van der Waals surface area contributed by atoms with Crippen molar-refractivity contribution in [2.75, 3.05) is 21.3 Å². The maximum Gasteiger partial charge on any atom is 0.231 e. The van der Waals surface area contributed by atoms with Gasteiger partial charge in [0.25, 0.3) is 0 Å². The molecule has 5 rings (SSSR count). The van der Waals surface area contributed by atoms with Gasteiger partial charge in [-0.25, -0.2) is 0 Å². The number of ether oxygens (including phenoxy) is 4. The van der Waals surface area contributed by atoms with E-state index in [2.05, 4.69) is 5.32 Å². The normalized spacial score (nSPS) is 19.7. The van der Waals surface area contributed by atoms with E-state index in [-0.39, 0.29) is 18.1 Å². The molecule has 2 atom stereocenters. The van der Waals surface area contributed by atoms with Crippen LogP contribution in [0.2, 0.25) is 5.02 Å². The molecule has 0 radical (unpaired) electrons. The van der Waals surface area contributed by atoms with Crippen LogP contribution in [0.4, 0.5) is 0 Å². The fraction of sp³-hybridized carbons (Fsp3) is 0.321. The number of benzene rings is 3. The van der Waals surface area contributed by atoms with E-state index in [1.807, 2.05) is 60.7 Å². The zero-order valence-corrected chi connectivity index (χ0v) is 20.7. The lowest BCUT2D eigenvalue weighted by Crippen LogP contribution is -2.39. The van der Waals surface area contributed by atoms with Crippen LogP contribution in [0.5, 0.6) is 23.0 Å². The SMILES string of the molecule is COc1ccc2c(c1)OC(c1ccc(OC)c(OC)c1)CC2NC(=O)C1(c2ccc(Cl)cc2)CC1. The van der Waals surface area contributed by atoms with Crippen molar-refractivity contribution in [3.05, 3.63) is 82.4 Å². The van der Waals surface area contributed by atoms with Crippen molar-refractivity contribution in [3.8, 4) is 23.0 Å². The Labute approximate surface area is 210 Å². The van der Waals surface area contributed by atoms with Gasteiger partial charge in [-0.15, -0.1) is 0 Å². The number of amides is 1. The largest absolute Gasteiger partial charge is 0.497 e. The molecule has 2 unspecified atom stereocenters. The third kappa shape index (κ3) is 4.39. The third-order valence-corrected chi connectivity index (χ3v) is 7.23. The second-order valence-corrected chi connectivity index (χ2v) is 9.41. The van der Waals surface area contributed by atoms with Crippen LogP contribution in [0.1, 0.15) is 48.1 Å². The number of carbonyl (C=O) groups is 1. The summed E-state index contributed by atoms with van der Waals surface area (Å²) in [7, 11) is 4.84. The first-order chi connectivity index (χ1) is 17.0. The van der Waals surface area contributed by atoms with E-state index in [1.54, 1.807) is 21.3 Å². The Morgan fingerprint density at radius 1 is 0.943 bits per heavy atom. The first-order valence-electron chi connectivity index (χ1n) is 11.6. The summed E-state index contributed by atoms with van der Waals surface area (Å²) in [6.07, 6.45) is 1.93. The highest BCUT2D eigenvalue weighted by molar-refractivity contribution is 6.30. The van der Waals surface area contributed by atoms with Crippen molar-refractivity contribution in [2.24, 2.45) is 0 Å². The molecule has 7 heteroatoms. The van der Waals surface area contributed by atoms with Crippen molar-refractivity contribution < 1.29 is 23.7 Å². The second kappa shape index (κ2) is 9.34. The van der Waals surface area contributed by atoms with Crippen LogP contribution in [0.15, 0.2) is 60.7 Å². The van der Waals surface area contributed by atoms with E-state index in [0.717, 1.165) is 29.5 Å². The van der Waals surface area contributed by atoms with Crippen molar-refractivity contribution in [3.63, 3.8) is 0 Å². The molecule has 1 aliphatic heterocycles. The predicted octanol–water partition coefficient (Wildman–Crippen LogP) is 5.78. The number of rotatable bonds is 7. The average molecular weight is 494 g/mol. The second-order valence-electron chi connectivity index (χ2n) is 8.98. The molecule has 1 aliphatic carbocycles. The smallest absolute Gasteiger partial charge is 0.231 e. The van der Waals surface area contributed by atoms with Gasteiger partial charge >= 0.3 is 0 Å². The first-order valence-corrected chi connectivity index (χ1v) is 12.0. The molecule has 6 nitrogen and oxygen atoms in total. The molecule has 3 aromatic rings. The molecule has 0 bridgehead atoms. The standard InChI is InChI=1S/C28H28ClNO5/c1-32-20-9-10-21-22(30-27(31)28(12-13-28)18-5-7-19(29)8-6-18)16-24(35-25(21)15-20)17-4-11-23(33-2)26(14-17)34-3/h4-11,14-15,22,24H,12-13,16H2,1-3H3,(H,30,31). The third-order valence-electron chi connectivity index (χ3n) is 6.98. The molecule has 0 spiro atoms. The van der Waals surface area contributed by atoms with E-state index in [4.69, 9.17) is 30.5 Å².